The molecule has 0 N–H and O–H groups in total. The summed E-state index contributed by atoms with van der Waals surface area (Å²) in [6.45, 7) is 6.35. The van der Waals surface area contributed by atoms with E-state index in [4.69, 9.17) is 0 Å². The lowest BCUT2D eigenvalue weighted by atomic mass is 10.1. The van der Waals surface area contributed by atoms with E-state index >= 15 is 0 Å². The van der Waals surface area contributed by atoms with Crippen LogP contribution in [0.25, 0.3) is 0 Å². The second-order valence-corrected chi connectivity index (χ2v) is 8.42. The number of piperidine rings is 1. The predicted octanol–water partition coefficient (Wildman–Crippen LogP) is 3.93. The van der Waals surface area contributed by atoms with Gasteiger partial charge in [-0.2, -0.15) is 0 Å². The van der Waals surface area contributed by atoms with Gasteiger partial charge >= 0.3 is 0 Å². The van der Waals surface area contributed by atoms with Crippen LogP contribution in [0.1, 0.15) is 37.7 Å². The second-order valence-electron chi connectivity index (χ2n) is 7.44. The minimum absolute atomic E-state index is 1.10. The molecule has 0 radical (unpaired) electrons. The van der Waals surface area contributed by atoms with Crippen molar-refractivity contribution in [1.29, 1.82) is 0 Å². The molecule has 134 valence electrons. The number of anilines is 1. The summed E-state index contributed by atoms with van der Waals surface area (Å²) in [6, 6.07) is 7.03. The van der Waals surface area contributed by atoms with E-state index in [0.29, 0.717) is 0 Å². The summed E-state index contributed by atoms with van der Waals surface area (Å²) in [4.78, 5) is 8.95. The zero-order valence-electron chi connectivity index (χ0n) is 15.5. The Hall–Kier alpha value is -0.710. The van der Waals surface area contributed by atoms with Crippen molar-refractivity contribution < 1.29 is 0 Å². The van der Waals surface area contributed by atoms with Gasteiger partial charge in [-0.1, -0.05) is 12.5 Å². The average Bonchev–Trinajstić information content (AvgIpc) is 2.98. The summed E-state index contributed by atoms with van der Waals surface area (Å²) >= 11 is 1.97. The molecule has 2 aliphatic rings. The molecule has 0 spiro atoms. The Morgan fingerprint density at radius 2 is 1.92 bits per heavy atom. The van der Waals surface area contributed by atoms with E-state index in [9.17, 15) is 0 Å². The largest absolute Gasteiger partial charge is 0.364 e. The van der Waals surface area contributed by atoms with E-state index in [0.717, 1.165) is 5.88 Å². The first-order valence-corrected chi connectivity index (χ1v) is 10.6. The van der Waals surface area contributed by atoms with Gasteiger partial charge in [0.25, 0.3) is 0 Å². The van der Waals surface area contributed by atoms with Crippen molar-refractivity contribution in [3.05, 3.63) is 23.8 Å². The fourth-order valence-electron chi connectivity index (χ4n) is 3.70. The monoisotopic (exact) mass is 347 g/mol. The number of thioether (sulfide) groups is 1. The van der Waals surface area contributed by atoms with Crippen LogP contribution < -0.4 is 4.90 Å². The smallest absolute Gasteiger partial charge is 0.0683 e. The van der Waals surface area contributed by atoms with E-state index in [1.165, 1.54) is 87.4 Å². The van der Waals surface area contributed by atoms with Crippen LogP contribution >= 0.6 is 11.8 Å². The van der Waals surface area contributed by atoms with Gasteiger partial charge in [-0.25, -0.2) is 0 Å². The van der Waals surface area contributed by atoms with Gasteiger partial charge in [0.1, 0.15) is 0 Å². The van der Waals surface area contributed by atoms with Crippen LogP contribution in [0, 0.1) is 0 Å². The van der Waals surface area contributed by atoms with E-state index in [1.807, 2.05) is 11.8 Å². The molecule has 0 aromatic heterocycles. The molecule has 24 heavy (non-hydrogen) atoms. The second kappa shape index (κ2) is 9.12. The Bertz CT molecular complexity index is 514. The maximum absolute atomic E-state index is 2.64. The number of hydrogen-bond acceptors (Lipinski definition) is 4. The third-order valence-corrected chi connectivity index (χ3v) is 6.51. The van der Waals surface area contributed by atoms with E-state index in [1.54, 1.807) is 0 Å². The normalized spacial score (nSPS) is 18.4. The molecule has 1 aromatic carbocycles. The van der Waals surface area contributed by atoms with Gasteiger partial charge in [0.05, 0.1) is 11.6 Å². The van der Waals surface area contributed by atoms with E-state index in [-0.39, 0.29) is 0 Å². The standard InChI is InChI=1S/C20H33N3S/c1-21(14-15-23-12-5-3-6-13-23)11-7-4-8-18-9-10-19-20(16-18)24-17-22(19)2/h9-10,16H,3-8,11-15,17H2,1-2H3. The van der Waals surface area contributed by atoms with Crippen molar-refractivity contribution >= 4 is 17.4 Å². The van der Waals surface area contributed by atoms with Gasteiger partial charge in [0.2, 0.25) is 0 Å². The highest BCUT2D eigenvalue weighted by Crippen LogP contribution is 2.37. The Morgan fingerprint density at radius 1 is 1.08 bits per heavy atom. The molecule has 0 amide bonds. The Morgan fingerprint density at radius 3 is 2.75 bits per heavy atom. The number of aryl methyl sites for hydroxylation is 1. The number of rotatable bonds is 8. The predicted molar refractivity (Wildman–Crippen MR) is 106 cm³/mol. The minimum atomic E-state index is 1.10. The molecule has 3 rings (SSSR count). The Kier molecular flexibility index (Phi) is 6.87. The third kappa shape index (κ3) is 5.14. The molecule has 4 heteroatoms. The topological polar surface area (TPSA) is 9.72 Å². The first kappa shape index (κ1) is 18.1. The average molecular weight is 348 g/mol. The molecule has 1 saturated heterocycles. The lowest BCUT2D eigenvalue weighted by molar-refractivity contribution is 0.195. The van der Waals surface area contributed by atoms with Gasteiger partial charge in [0, 0.05) is 25.0 Å². The number of fused-ring (bicyclic) bond motifs is 1. The first-order chi connectivity index (χ1) is 11.7. The van der Waals surface area contributed by atoms with Gasteiger partial charge in [-0.15, -0.1) is 11.8 Å². The van der Waals surface area contributed by atoms with E-state index in [2.05, 4.69) is 47.0 Å². The lowest BCUT2D eigenvalue weighted by Gasteiger charge is -2.28. The molecular formula is C20H33N3S. The van der Waals surface area contributed by atoms with Crippen LogP contribution in [0.4, 0.5) is 5.69 Å². The van der Waals surface area contributed by atoms with Crippen molar-refractivity contribution in [1.82, 2.24) is 9.80 Å². The summed E-state index contributed by atoms with van der Waals surface area (Å²) in [5.74, 6) is 1.10. The zero-order valence-corrected chi connectivity index (χ0v) is 16.3. The summed E-state index contributed by atoms with van der Waals surface area (Å²) in [5, 5.41) is 0. The molecule has 1 aromatic rings. The lowest BCUT2D eigenvalue weighted by Crippen LogP contribution is -2.36. The highest BCUT2D eigenvalue weighted by molar-refractivity contribution is 7.99. The number of benzene rings is 1. The summed E-state index contributed by atoms with van der Waals surface area (Å²) in [7, 11) is 4.46. The summed E-state index contributed by atoms with van der Waals surface area (Å²) in [6.07, 6.45) is 8.06. The van der Waals surface area contributed by atoms with Gasteiger partial charge in [0.15, 0.2) is 0 Å². The molecular weight excluding hydrogens is 314 g/mol. The Labute approximate surface area is 152 Å². The van der Waals surface area contributed by atoms with Crippen LogP contribution in [0.2, 0.25) is 0 Å². The first-order valence-electron chi connectivity index (χ1n) is 9.60. The molecule has 3 nitrogen and oxygen atoms in total. The van der Waals surface area contributed by atoms with Crippen molar-refractivity contribution in [3.8, 4) is 0 Å². The number of likely N-dealkylation sites (N-methyl/N-ethyl adjacent to an activating group) is 1. The minimum Gasteiger partial charge on any atom is -0.364 e. The van der Waals surface area contributed by atoms with Crippen LogP contribution in [0.3, 0.4) is 0 Å². The van der Waals surface area contributed by atoms with Gasteiger partial charge < -0.3 is 14.7 Å². The molecule has 2 heterocycles. The van der Waals surface area contributed by atoms with Crippen LogP contribution in [0.15, 0.2) is 23.1 Å². The Balaban J connectivity index is 1.30. The fraction of sp³-hybridized carbons (Fsp3) is 0.700. The van der Waals surface area contributed by atoms with Gasteiger partial charge in [-0.05, 0) is 76.5 Å². The van der Waals surface area contributed by atoms with Crippen LogP contribution in [-0.4, -0.2) is 62.5 Å². The third-order valence-electron chi connectivity index (χ3n) is 5.35. The molecule has 0 aliphatic carbocycles. The van der Waals surface area contributed by atoms with Crippen molar-refractivity contribution in [2.75, 3.05) is 57.6 Å². The SMILES string of the molecule is CN(CCCCc1ccc2c(c1)SCN2C)CCN1CCCCC1. The number of nitrogens with zero attached hydrogens (tertiary/aromatic N) is 3. The molecule has 1 fully saturated rings. The molecule has 0 saturated carbocycles. The highest BCUT2D eigenvalue weighted by atomic mass is 32.2. The molecule has 0 bridgehead atoms. The number of unbranched alkanes of at least 4 members (excludes halogenated alkanes) is 1. The molecule has 0 unspecified atom stereocenters. The highest BCUT2D eigenvalue weighted by Gasteiger charge is 2.16. The van der Waals surface area contributed by atoms with Crippen molar-refractivity contribution in [2.24, 2.45) is 0 Å². The maximum Gasteiger partial charge on any atom is 0.0683 e. The zero-order chi connectivity index (χ0) is 16.8. The molecule has 0 atom stereocenters. The summed E-state index contributed by atoms with van der Waals surface area (Å²) in [5.41, 5.74) is 2.91. The van der Waals surface area contributed by atoms with Crippen LogP contribution in [-0.2, 0) is 6.42 Å². The number of hydrogen-bond donors (Lipinski definition) is 0. The van der Waals surface area contributed by atoms with E-state index < -0.39 is 0 Å². The maximum atomic E-state index is 2.64. The van der Waals surface area contributed by atoms with Crippen LogP contribution in [0.5, 0.6) is 0 Å². The quantitative estimate of drug-likeness (QED) is 0.659. The number of likely N-dealkylation sites (tertiary alicyclic amines) is 1. The van der Waals surface area contributed by atoms with Crippen molar-refractivity contribution in [2.45, 2.75) is 43.4 Å². The van der Waals surface area contributed by atoms with Crippen molar-refractivity contribution in [3.63, 3.8) is 0 Å². The van der Waals surface area contributed by atoms with Gasteiger partial charge in [-0.3, -0.25) is 0 Å². The fourth-order valence-corrected chi connectivity index (χ4v) is 4.78. The molecule has 2 aliphatic heterocycles. The summed E-state index contributed by atoms with van der Waals surface area (Å²) < 4.78 is 0.